The summed E-state index contributed by atoms with van der Waals surface area (Å²) >= 11 is 5.28. The molecule has 0 radical (unpaired) electrons. The van der Waals surface area contributed by atoms with Gasteiger partial charge in [0, 0.05) is 13.1 Å². The van der Waals surface area contributed by atoms with E-state index in [2.05, 4.69) is 5.32 Å². The number of nitrogens with one attached hydrogen (secondary N) is 1. The molecule has 5 heteroatoms. The van der Waals surface area contributed by atoms with Crippen LogP contribution < -0.4 is 5.32 Å². The number of rotatable bonds is 4. The Hall–Kier alpha value is -0.770. The van der Waals surface area contributed by atoms with Gasteiger partial charge in [-0.3, -0.25) is 9.59 Å². The number of alkyl halides is 1. The molecule has 0 aromatic carbocycles. The van der Waals surface area contributed by atoms with Crippen molar-refractivity contribution in [3.05, 3.63) is 0 Å². The van der Waals surface area contributed by atoms with Crippen molar-refractivity contribution < 1.29 is 9.59 Å². The number of halogens is 1. The number of nitrogens with zero attached hydrogens (tertiary/aromatic N) is 1. The molecular weight excluding hydrogens is 204 g/mol. The van der Waals surface area contributed by atoms with E-state index in [4.69, 9.17) is 11.6 Å². The fourth-order valence-corrected chi connectivity index (χ4v) is 1.42. The highest BCUT2D eigenvalue weighted by atomic mass is 35.5. The van der Waals surface area contributed by atoms with Crippen LogP contribution in [-0.2, 0) is 9.59 Å². The summed E-state index contributed by atoms with van der Waals surface area (Å²) in [6.07, 6.45) is 3.34. The van der Waals surface area contributed by atoms with Crippen molar-refractivity contribution in [1.82, 2.24) is 10.2 Å². The van der Waals surface area contributed by atoms with Crippen LogP contribution >= 0.6 is 11.6 Å². The lowest BCUT2D eigenvalue weighted by atomic mass is 9.92. The molecule has 0 heterocycles. The molecule has 1 N–H and O–H groups in total. The van der Waals surface area contributed by atoms with Crippen LogP contribution in [0.15, 0.2) is 0 Å². The number of hydrogen-bond acceptors (Lipinski definition) is 2. The summed E-state index contributed by atoms with van der Waals surface area (Å²) in [7, 11) is 1.78. The van der Waals surface area contributed by atoms with Gasteiger partial charge in [-0.1, -0.05) is 0 Å². The first-order valence-electron chi connectivity index (χ1n) is 4.73. The van der Waals surface area contributed by atoms with Crippen molar-refractivity contribution in [2.45, 2.75) is 25.3 Å². The van der Waals surface area contributed by atoms with Gasteiger partial charge >= 0.3 is 0 Å². The Morgan fingerprint density at radius 3 is 2.57 bits per heavy atom. The number of carbonyl (C=O) groups is 2. The van der Waals surface area contributed by atoms with Crippen LogP contribution in [0.2, 0.25) is 0 Å². The number of hydrogen-bond donors (Lipinski definition) is 1. The van der Waals surface area contributed by atoms with Gasteiger partial charge in [-0.15, -0.1) is 11.6 Å². The normalized spacial score (nSPS) is 15.9. The standard InChI is InChI=1S/C9H15ClN2O2/c1-12(7-3-2-4-7)9(14)6-11-8(13)5-10/h7H,2-6H2,1H3,(H,11,13). The summed E-state index contributed by atoms with van der Waals surface area (Å²) in [5.41, 5.74) is 0. The van der Waals surface area contributed by atoms with Gasteiger partial charge in [-0.2, -0.15) is 0 Å². The highest BCUT2D eigenvalue weighted by molar-refractivity contribution is 6.27. The maximum atomic E-state index is 11.5. The molecule has 1 rings (SSSR count). The average Bonchev–Trinajstić information content (AvgIpc) is 2.10. The molecule has 1 aliphatic carbocycles. The molecule has 0 aromatic heterocycles. The van der Waals surface area contributed by atoms with Gasteiger partial charge in [-0.05, 0) is 19.3 Å². The zero-order valence-corrected chi connectivity index (χ0v) is 9.01. The Kier molecular flexibility index (Phi) is 4.20. The first-order valence-corrected chi connectivity index (χ1v) is 5.27. The van der Waals surface area contributed by atoms with E-state index in [1.165, 1.54) is 6.42 Å². The summed E-state index contributed by atoms with van der Waals surface area (Å²) < 4.78 is 0. The summed E-state index contributed by atoms with van der Waals surface area (Å²) in [6.45, 7) is 0.0541. The predicted octanol–water partition coefficient (Wildman–Crippen LogP) is 0.352. The molecular formula is C9H15ClN2O2. The average molecular weight is 219 g/mol. The van der Waals surface area contributed by atoms with Crippen molar-refractivity contribution >= 4 is 23.4 Å². The van der Waals surface area contributed by atoms with E-state index >= 15 is 0 Å². The molecule has 14 heavy (non-hydrogen) atoms. The molecule has 1 aliphatic rings. The van der Waals surface area contributed by atoms with Crippen LogP contribution in [-0.4, -0.2) is 42.2 Å². The Morgan fingerprint density at radius 2 is 2.14 bits per heavy atom. The van der Waals surface area contributed by atoms with E-state index < -0.39 is 0 Å². The van der Waals surface area contributed by atoms with Crippen LogP contribution in [0.3, 0.4) is 0 Å². The van der Waals surface area contributed by atoms with Crippen LogP contribution in [0, 0.1) is 0 Å². The van der Waals surface area contributed by atoms with Crippen molar-refractivity contribution in [3.63, 3.8) is 0 Å². The van der Waals surface area contributed by atoms with Gasteiger partial charge in [0.25, 0.3) is 0 Å². The Morgan fingerprint density at radius 1 is 1.50 bits per heavy atom. The molecule has 0 aromatic rings. The maximum Gasteiger partial charge on any atom is 0.241 e. The quantitative estimate of drug-likeness (QED) is 0.693. The van der Waals surface area contributed by atoms with Crippen LogP contribution in [0.1, 0.15) is 19.3 Å². The van der Waals surface area contributed by atoms with E-state index in [1.807, 2.05) is 0 Å². The Balaban J connectivity index is 2.23. The minimum absolute atomic E-state index is 0.0480. The Bertz CT molecular complexity index is 229. The lowest BCUT2D eigenvalue weighted by Gasteiger charge is -2.34. The number of carbonyl (C=O) groups excluding carboxylic acids is 2. The molecule has 1 fully saturated rings. The predicted molar refractivity (Wildman–Crippen MR) is 54.1 cm³/mol. The Labute approximate surface area is 88.6 Å². The summed E-state index contributed by atoms with van der Waals surface area (Å²) in [5.74, 6) is -0.448. The van der Waals surface area contributed by atoms with Crippen molar-refractivity contribution in [3.8, 4) is 0 Å². The van der Waals surface area contributed by atoms with Gasteiger partial charge in [0.2, 0.25) is 11.8 Å². The van der Waals surface area contributed by atoms with Gasteiger partial charge in [0.05, 0.1) is 6.54 Å². The van der Waals surface area contributed by atoms with Gasteiger partial charge in [0.15, 0.2) is 0 Å². The minimum Gasteiger partial charge on any atom is -0.346 e. The first kappa shape index (κ1) is 11.3. The third kappa shape index (κ3) is 2.87. The lowest BCUT2D eigenvalue weighted by molar-refractivity contribution is -0.134. The van der Waals surface area contributed by atoms with Crippen molar-refractivity contribution in [2.24, 2.45) is 0 Å². The molecule has 80 valence electrons. The minimum atomic E-state index is -0.304. The van der Waals surface area contributed by atoms with Crippen LogP contribution in [0.5, 0.6) is 0 Å². The highest BCUT2D eigenvalue weighted by Gasteiger charge is 2.25. The van der Waals surface area contributed by atoms with E-state index in [-0.39, 0.29) is 24.2 Å². The maximum absolute atomic E-state index is 11.5. The molecule has 0 unspecified atom stereocenters. The summed E-state index contributed by atoms with van der Waals surface area (Å²) in [4.78, 5) is 24.0. The molecule has 0 aliphatic heterocycles. The van der Waals surface area contributed by atoms with E-state index in [0.717, 1.165) is 12.8 Å². The molecule has 0 bridgehead atoms. The number of likely N-dealkylation sites (N-methyl/N-ethyl adjacent to an activating group) is 1. The second-order valence-electron chi connectivity index (χ2n) is 3.50. The fraction of sp³-hybridized carbons (Fsp3) is 0.778. The monoisotopic (exact) mass is 218 g/mol. The molecule has 0 atom stereocenters. The molecule has 1 saturated carbocycles. The van der Waals surface area contributed by atoms with Gasteiger partial charge in [-0.25, -0.2) is 0 Å². The SMILES string of the molecule is CN(C(=O)CNC(=O)CCl)C1CCC1. The van der Waals surface area contributed by atoms with Crippen LogP contribution in [0.4, 0.5) is 0 Å². The van der Waals surface area contributed by atoms with E-state index in [1.54, 1.807) is 11.9 Å². The van der Waals surface area contributed by atoms with E-state index in [9.17, 15) is 9.59 Å². The smallest absolute Gasteiger partial charge is 0.241 e. The highest BCUT2D eigenvalue weighted by Crippen LogP contribution is 2.23. The first-order chi connectivity index (χ1) is 6.65. The third-order valence-electron chi connectivity index (χ3n) is 2.57. The fourth-order valence-electron chi connectivity index (χ4n) is 1.32. The topological polar surface area (TPSA) is 49.4 Å². The zero-order chi connectivity index (χ0) is 10.6. The molecule has 0 saturated heterocycles. The van der Waals surface area contributed by atoms with Gasteiger partial charge in [0.1, 0.15) is 5.88 Å². The second-order valence-corrected chi connectivity index (χ2v) is 3.77. The molecule has 4 nitrogen and oxygen atoms in total. The van der Waals surface area contributed by atoms with Gasteiger partial charge < -0.3 is 10.2 Å². The largest absolute Gasteiger partial charge is 0.346 e. The third-order valence-corrected chi connectivity index (χ3v) is 2.82. The summed E-state index contributed by atoms with van der Waals surface area (Å²) in [6, 6.07) is 0.371. The van der Waals surface area contributed by atoms with Crippen LogP contribution in [0.25, 0.3) is 0 Å². The number of amides is 2. The van der Waals surface area contributed by atoms with E-state index in [0.29, 0.717) is 6.04 Å². The molecule has 2 amide bonds. The van der Waals surface area contributed by atoms with Crippen molar-refractivity contribution in [2.75, 3.05) is 19.5 Å². The summed E-state index contributed by atoms with van der Waals surface area (Å²) in [5, 5.41) is 2.45. The molecule has 0 spiro atoms. The zero-order valence-electron chi connectivity index (χ0n) is 8.25. The lowest BCUT2D eigenvalue weighted by Crippen LogP contribution is -2.46. The second kappa shape index (κ2) is 5.20. The van der Waals surface area contributed by atoms with Crippen molar-refractivity contribution in [1.29, 1.82) is 0 Å².